The lowest BCUT2D eigenvalue weighted by atomic mass is 10.1. The van der Waals surface area contributed by atoms with Crippen molar-refractivity contribution in [2.45, 2.75) is 84.1 Å². The molecule has 1 saturated heterocycles. The van der Waals surface area contributed by atoms with E-state index >= 15 is 0 Å². The zero-order valence-electron chi connectivity index (χ0n) is 25.5. The van der Waals surface area contributed by atoms with Gasteiger partial charge in [-0.05, 0) is 36.2 Å². The van der Waals surface area contributed by atoms with Crippen LogP contribution < -0.4 is 10.4 Å². The standard InChI is InChI=1S/C32H45NO7Si/c1-22(24(3)34)19-33(25(4)35)31-30(39-23(2)20-37-8)29(36)28(40-31)21-38-41(32(5,6)7,26-15-11-9-12-16-26)27-17-13-10-14-18-27/h9-19,23,28-31,36H,20-21H2,1-8H3/b22-19-/t23-,28-,29?,30+,31-/m1/s1. The molecule has 0 aromatic heterocycles. The van der Waals surface area contributed by atoms with Gasteiger partial charge in [0.05, 0.1) is 19.3 Å². The maximum Gasteiger partial charge on any atom is 0.261 e. The molecule has 1 aliphatic rings. The second kappa shape index (κ2) is 14.0. The van der Waals surface area contributed by atoms with Gasteiger partial charge in [-0.25, -0.2) is 0 Å². The van der Waals surface area contributed by atoms with Gasteiger partial charge in [0.15, 0.2) is 12.0 Å². The summed E-state index contributed by atoms with van der Waals surface area (Å²) in [6, 6.07) is 20.4. The molecule has 1 aliphatic heterocycles. The zero-order chi connectivity index (χ0) is 30.4. The van der Waals surface area contributed by atoms with Crippen molar-refractivity contribution in [1.82, 2.24) is 4.90 Å². The van der Waals surface area contributed by atoms with E-state index < -0.39 is 32.9 Å². The van der Waals surface area contributed by atoms with Gasteiger partial charge >= 0.3 is 0 Å². The Balaban J connectivity index is 2.03. The first-order valence-electron chi connectivity index (χ1n) is 14.0. The first-order chi connectivity index (χ1) is 19.3. The molecule has 1 unspecified atom stereocenters. The lowest BCUT2D eigenvalue weighted by molar-refractivity contribution is -0.152. The highest BCUT2D eigenvalue weighted by atomic mass is 28.4. The summed E-state index contributed by atoms with van der Waals surface area (Å²) in [5.74, 6) is -0.518. The SMILES string of the molecule is COC[C@@H](C)O[C@H]1C(O)[C@@H](CO[Si](c2ccccc2)(c2ccccc2)C(C)(C)C)O[C@H]1N(/C=C(/C)C(C)=O)C(C)=O. The topological polar surface area (TPSA) is 94.5 Å². The van der Waals surface area contributed by atoms with Crippen molar-refractivity contribution in [2.24, 2.45) is 0 Å². The number of amides is 1. The smallest absolute Gasteiger partial charge is 0.261 e. The molecule has 3 rings (SSSR count). The van der Waals surface area contributed by atoms with E-state index in [1.54, 1.807) is 14.0 Å². The van der Waals surface area contributed by atoms with E-state index in [-0.39, 0.29) is 29.4 Å². The van der Waals surface area contributed by atoms with Crippen LogP contribution in [0, 0.1) is 0 Å². The van der Waals surface area contributed by atoms with Gasteiger partial charge in [0.25, 0.3) is 8.32 Å². The van der Waals surface area contributed by atoms with Gasteiger partial charge in [-0.1, -0.05) is 81.4 Å². The molecule has 0 radical (unpaired) electrons. The summed E-state index contributed by atoms with van der Waals surface area (Å²) in [5.41, 5.74) is 0.383. The number of carbonyl (C=O) groups excluding carboxylic acids is 2. The number of Topliss-reactive ketones (excluding diaryl/α,β-unsaturated/α-hetero) is 1. The predicted octanol–water partition coefficient (Wildman–Crippen LogP) is 3.41. The van der Waals surface area contributed by atoms with E-state index in [1.807, 2.05) is 43.3 Å². The van der Waals surface area contributed by atoms with Crippen LogP contribution in [0.2, 0.25) is 5.04 Å². The number of allylic oxidation sites excluding steroid dienone is 1. The lowest BCUT2D eigenvalue weighted by Gasteiger charge is -2.43. The van der Waals surface area contributed by atoms with Crippen LogP contribution >= 0.6 is 0 Å². The van der Waals surface area contributed by atoms with E-state index in [1.165, 1.54) is 24.9 Å². The minimum Gasteiger partial charge on any atom is -0.405 e. The van der Waals surface area contributed by atoms with E-state index in [0.717, 1.165) is 10.4 Å². The Hall–Kier alpha value is -2.66. The molecular formula is C32H45NO7Si. The average molecular weight is 584 g/mol. The van der Waals surface area contributed by atoms with E-state index in [9.17, 15) is 14.7 Å². The van der Waals surface area contributed by atoms with Gasteiger partial charge < -0.3 is 23.7 Å². The molecule has 1 heterocycles. The molecule has 0 saturated carbocycles. The third kappa shape index (κ3) is 7.41. The highest BCUT2D eigenvalue weighted by Crippen LogP contribution is 2.38. The van der Waals surface area contributed by atoms with Crippen LogP contribution in [0.4, 0.5) is 0 Å². The van der Waals surface area contributed by atoms with E-state index in [4.69, 9.17) is 18.6 Å². The molecule has 0 spiro atoms. The molecule has 0 aliphatic carbocycles. The molecule has 2 aromatic rings. The summed E-state index contributed by atoms with van der Waals surface area (Å²) in [7, 11) is -1.34. The fourth-order valence-corrected chi connectivity index (χ4v) is 9.95. The predicted molar refractivity (Wildman–Crippen MR) is 161 cm³/mol. The highest BCUT2D eigenvalue weighted by Gasteiger charge is 2.53. The number of aliphatic hydroxyl groups excluding tert-OH is 1. The van der Waals surface area contributed by atoms with Crippen molar-refractivity contribution in [3.63, 3.8) is 0 Å². The molecule has 1 N–H and O–H groups in total. The van der Waals surface area contributed by atoms with Crippen molar-refractivity contribution in [2.75, 3.05) is 20.3 Å². The minimum atomic E-state index is -2.91. The molecule has 5 atom stereocenters. The molecule has 41 heavy (non-hydrogen) atoms. The Labute approximate surface area is 245 Å². The van der Waals surface area contributed by atoms with Crippen molar-refractivity contribution in [1.29, 1.82) is 0 Å². The first-order valence-corrected chi connectivity index (χ1v) is 16.0. The van der Waals surface area contributed by atoms with Crippen LogP contribution in [0.25, 0.3) is 0 Å². The van der Waals surface area contributed by atoms with Crippen LogP contribution in [-0.4, -0.2) is 81.0 Å². The van der Waals surface area contributed by atoms with Gasteiger partial charge in [0.1, 0.15) is 18.3 Å². The van der Waals surface area contributed by atoms with Crippen molar-refractivity contribution < 1.29 is 33.3 Å². The molecular weight excluding hydrogens is 538 g/mol. The largest absolute Gasteiger partial charge is 0.405 e. The number of rotatable bonds is 12. The van der Waals surface area contributed by atoms with Gasteiger partial charge in [0.2, 0.25) is 5.91 Å². The zero-order valence-corrected chi connectivity index (χ0v) is 26.5. The van der Waals surface area contributed by atoms with E-state index in [2.05, 4.69) is 45.0 Å². The minimum absolute atomic E-state index is 0.0740. The summed E-state index contributed by atoms with van der Waals surface area (Å²) in [4.78, 5) is 26.1. The van der Waals surface area contributed by atoms with Gasteiger partial charge in [-0.15, -0.1) is 0 Å². The number of carbonyl (C=O) groups is 2. The number of ether oxygens (including phenoxy) is 3. The first kappa shape index (κ1) is 32.8. The summed E-state index contributed by atoms with van der Waals surface area (Å²) < 4.78 is 24.8. The van der Waals surface area contributed by atoms with Gasteiger partial charge in [-0.2, -0.15) is 0 Å². The summed E-state index contributed by atoms with van der Waals surface area (Å²) in [5, 5.41) is 13.5. The summed E-state index contributed by atoms with van der Waals surface area (Å²) in [6.07, 6.45) is -2.68. The van der Waals surface area contributed by atoms with Crippen LogP contribution in [0.5, 0.6) is 0 Å². The number of ketones is 1. The Bertz CT molecular complexity index is 1140. The van der Waals surface area contributed by atoms with Crippen molar-refractivity contribution >= 4 is 30.4 Å². The Kier molecular flexibility index (Phi) is 11.2. The monoisotopic (exact) mass is 583 g/mol. The van der Waals surface area contributed by atoms with Crippen LogP contribution in [-0.2, 0) is 28.2 Å². The molecule has 224 valence electrons. The van der Waals surface area contributed by atoms with Gasteiger partial charge in [-0.3, -0.25) is 14.5 Å². The molecule has 1 amide bonds. The number of aliphatic hydroxyl groups is 1. The molecule has 0 bridgehead atoms. The highest BCUT2D eigenvalue weighted by molar-refractivity contribution is 6.99. The average Bonchev–Trinajstić information content (AvgIpc) is 3.22. The van der Waals surface area contributed by atoms with Crippen LogP contribution in [0.3, 0.4) is 0 Å². The molecule has 1 fully saturated rings. The van der Waals surface area contributed by atoms with E-state index in [0.29, 0.717) is 12.2 Å². The van der Waals surface area contributed by atoms with Crippen LogP contribution in [0.1, 0.15) is 48.5 Å². The number of hydrogen-bond acceptors (Lipinski definition) is 7. The maximum atomic E-state index is 12.8. The Morgan fingerprint density at radius 3 is 2.00 bits per heavy atom. The molecule has 2 aromatic carbocycles. The lowest BCUT2D eigenvalue weighted by Crippen LogP contribution is -2.67. The fourth-order valence-electron chi connectivity index (χ4n) is 5.38. The van der Waals surface area contributed by atoms with Crippen molar-refractivity contribution in [3.8, 4) is 0 Å². The van der Waals surface area contributed by atoms with Crippen molar-refractivity contribution in [3.05, 3.63) is 72.4 Å². The second-order valence-electron chi connectivity index (χ2n) is 11.7. The number of benzene rings is 2. The maximum absolute atomic E-state index is 12.8. The Morgan fingerprint density at radius 1 is 1.02 bits per heavy atom. The van der Waals surface area contributed by atoms with Crippen LogP contribution in [0.15, 0.2) is 72.4 Å². The molecule has 9 heteroatoms. The quantitative estimate of drug-likeness (QED) is 0.302. The number of methoxy groups -OCH3 is 1. The normalized spacial score (nSPS) is 22.4. The second-order valence-corrected chi connectivity index (χ2v) is 16.0. The third-order valence-electron chi connectivity index (χ3n) is 7.51. The molecule has 8 nitrogen and oxygen atoms in total. The van der Waals surface area contributed by atoms with Gasteiger partial charge in [0, 0.05) is 25.8 Å². The number of nitrogens with zero attached hydrogens (tertiary/aromatic N) is 1. The summed E-state index contributed by atoms with van der Waals surface area (Å²) in [6.45, 7) is 13.2. The Morgan fingerprint density at radius 2 is 1.56 bits per heavy atom. The summed E-state index contributed by atoms with van der Waals surface area (Å²) >= 11 is 0. The third-order valence-corrected chi connectivity index (χ3v) is 12.5. The number of hydrogen-bond donors (Lipinski definition) is 1. The fraction of sp³-hybridized carbons (Fsp3) is 0.500.